The molecule has 1 aliphatic carbocycles. The summed E-state index contributed by atoms with van der Waals surface area (Å²) in [5.74, 6) is 1.54. The van der Waals surface area contributed by atoms with Crippen molar-refractivity contribution in [3.8, 4) is 0 Å². The fourth-order valence-electron chi connectivity index (χ4n) is 3.33. The number of benzene rings is 1. The Morgan fingerprint density at radius 1 is 1.07 bits per heavy atom. The molecule has 146 valence electrons. The van der Waals surface area contributed by atoms with E-state index < -0.39 is 9.84 Å². The Labute approximate surface area is 172 Å². The maximum Gasteiger partial charge on any atom is 0.228 e. The number of halogens is 1. The number of nitrogens with zero attached hydrogens (tertiary/aromatic N) is 4. The van der Waals surface area contributed by atoms with Gasteiger partial charge in [-0.25, -0.2) is 8.42 Å². The van der Waals surface area contributed by atoms with Crippen molar-refractivity contribution in [2.75, 3.05) is 29.5 Å². The van der Waals surface area contributed by atoms with Crippen LogP contribution in [-0.2, 0) is 9.84 Å². The van der Waals surface area contributed by atoms with E-state index in [4.69, 9.17) is 0 Å². The van der Waals surface area contributed by atoms with Gasteiger partial charge in [-0.3, -0.25) is 4.57 Å². The third-order valence-corrected chi connectivity index (χ3v) is 8.42. The summed E-state index contributed by atoms with van der Waals surface area (Å²) in [5.41, 5.74) is 0. The summed E-state index contributed by atoms with van der Waals surface area (Å²) in [6, 6.07) is 7.28. The predicted octanol–water partition coefficient (Wildman–Crippen LogP) is 3.93. The van der Waals surface area contributed by atoms with Crippen LogP contribution in [0.5, 0.6) is 0 Å². The highest BCUT2D eigenvalue weighted by atomic mass is 79.9. The Balaban J connectivity index is 1.44. The first-order valence-corrected chi connectivity index (χ1v) is 12.8. The van der Waals surface area contributed by atoms with Crippen LogP contribution in [0.4, 0.5) is 5.95 Å². The second-order valence-electron chi connectivity index (χ2n) is 7.05. The molecule has 2 aromatic rings. The molecule has 1 aromatic heterocycles. The Morgan fingerprint density at radius 2 is 1.78 bits per heavy atom. The largest absolute Gasteiger partial charge is 0.341 e. The maximum atomic E-state index is 12.5. The zero-order chi connectivity index (χ0) is 18.9. The lowest BCUT2D eigenvalue weighted by Crippen LogP contribution is -2.31. The molecule has 0 amide bonds. The molecule has 1 saturated heterocycles. The Morgan fingerprint density at radius 3 is 2.44 bits per heavy atom. The summed E-state index contributed by atoms with van der Waals surface area (Å²) in [4.78, 5) is 2.70. The van der Waals surface area contributed by atoms with E-state index in [0.29, 0.717) is 16.7 Å². The number of rotatable bonds is 7. The monoisotopic (exact) mass is 470 g/mol. The first kappa shape index (κ1) is 19.3. The number of sulfone groups is 1. The molecular formula is C18H23BrN4O2S2. The fraction of sp³-hybridized carbons (Fsp3) is 0.556. The standard InChI is InChI=1S/C18H23BrN4O2S2/c19-14-4-8-16(9-5-14)27(24,25)13-12-26-18-21-20-17(23(18)15-6-7-15)22-10-2-1-3-11-22/h4-5,8-9,15H,1-3,6-7,10-13H2. The second kappa shape index (κ2) is 8.13. The molecule has 4 rings (SSSR count). The number of hydrogen-bond donors (Lipinski definition) is 0. The molecule has 1 aromatic carbocycles. The zero-order valence-electron chi connectivity index (χ0n) is 15.1. The van der Waals surface area contributed by atoms with Crippen molar-refractivity contribution < 1.29 is 8.42 Å². The third-order valence-electron chi connectivity index (χ3n) is 4.95. The average molecular weight is 471 g/mol. The van der Waals surface area contributed by atoms with Gasteiger partial charge in [-0.15, -0.1) is 10.2 Å². The fourth-order valence-corrected chi connectivity index (χ4v) is 6.24. The van der Waals surface area contributed by atoms with Crippen LogP contribution in [0, 0.1) is 0 Å². The highest BCUT2D eigenvalue weighted by Crippen LogP contribution is 2.41. The molecule has 9 heteroatoms. The average Bonchev–Trinajstić information content (AvgIpc) is 3.42. The van der Waals surface area contributed by atoms with Gasteiger partial charge in [-0.2, -0.15) is 0 Å². The Kier molecular flexibility index (Phi) is 5.80. The van der Waals surface area contributed by atoms with E-state index in [1.54, 1.807) is 24.3 Å². The molecule has 0 radical (unpaired) electrons. The van der Waals surface area contributed by atoms with Crippen LogP contribution in [0.1, 0.15) is 38.1 Å². The maximum absolute atomic E-state index is 12.5. The second-order valence-corrected chi connectivity index (χ2v) is 11.1. The van der Waals surface area contributed by atoms with E-state index in [2.05, 4.69) is 35.6 Å². The molecule has 6 nitrogen and oxygen atoms in total. The first-order chi connectivity index (χ1) is 13.0. The molecule has 27 heavy (non-hydrogen) atoms. The molecule has 2 fully saturated rings. The van der Waals surface area contributed by atoms with E-state index in [1.165, 1.54) is 31.0 Å². The van der Waals surface area contributed by atoms with Gasteiger partial charge in [0.25, 0.3) is 0 Å². The SMILES string of the molecule is O=S(=O)(CCSc1nnc(N2CCCCC2)n1C1CC1)c1ccc(Br)cc1. The van der Waals surface area contributed by atoms with Crippen molar-refractivity contribution in [1.29, 1.82) is 0 Å². The van der Waals surface area contributed by atoms with Gasteiger partial charge in [-0.05, 0) is 56.4 Å². The van der Waals surface area contributed by atoms with Crippen LogP contribution in [-0.4, -0.2) is 47.8 Å². The van der Waals surface area contributed by atoms with Gasteiger partial charge < -0.3 is 4.90 Å². The normalized spacial score (nSPS) is 18.0. The van der Waals surface area contributed by atoms with Crippen molar-refractivity contribution in [2.45, 2.75) is 48.2 Å². The van der Waals surface area contributed by atoms with Crippen LogP contribution in [0.2, 0.25) is 0 Å². The van der Waals surface area contributed by atoms with Gasteiger partial charge in [0.2, 0.25) is 5.95 Å². The molecule has 1 saturated carbocycles. The number of hydrogen-bond acceptors (Lipinski definition) is 6. The topological polar surface area (TPSA) is 68.1 Å². The molecule has 0 atom stereocenters. The molecule has 0 spiro atoms. The number of anilines is 1. The molecule has 0 N–H and O–H groups in total. The van der Waals surface area contributed by atoms with Crippen molar-refractivity contribution >= 4 is 43.5 Å². The van der Waals surface area contributed by atoms with Crippen LogP contribution in [0.15, 0.2) is 38.8 Å². The predicted molar refractivity (Wildman–Crippen MR) is 111 cm³/mol. The first-order valence-electron chi connectivity index (χ1n) is 9.35. The van der Waals surface area contributed by atoms with Gasteiger partial charge in [0.1, 0.15) is 0 Å². The summed E-state index contributed by atoms with van der Waals surface area (Å²) < 4.78 is 28.2. The van der Waals surface area contributed by atoms with Crippen LogP contribution in [0.3, 0.4) is 0 Å². The molecule has 2 heterocycles. The molecule has 2 aliphatic rings. The van der Waals surface area contributed by atoms with Crippen LogP contribution >= 0.6 is 27.7 Å². The van der Waals surface area contributed by atoms with E-state index >= 15 is 0 Å². The van der Waals surface area contributed by atoms with Gasteiger partial charge in [-0.1, -0.05) is 27.7 Å². The van der Waals surface area contributed by atoms with Crippen LogP contribution < -0.4 is 4.90 Å². The van der Waals surface area contributed by atoms with Gasteiger partial charge in [0.15, 0.2) is 15.0 Å². The third kappa shape index (κ3) is 4.51. The number of thioether (sulfide) groups is 1. The number of piperidine rings is 1. The summed E-state index contributed by atoms with van der Waals surface area (Å²) in [6.07, 6.45) is 5.99. The van der Waals surface area contributed by atoms with Crippen molar-refractivity contribution in [3.63, 3.8) is 0 Å². The van der Waals surface area contributed by atoms with E-state index in [-0.39, 0.29) is 5.75 Å². The molecular weight excluding hydrogens is 448 g/mol. The van der Waals surface area contributed by atoms with E-state index in [9.17, 15) is 8.42 Å². The lowest BCUT2D eigenvalue weighted by molar-refractivity contribution is 0.548. The van der Waals surface area contributed by atoms with Crippen molar-refractivity contribution in [3.05, 3.63) is 28.7 Å². The molecule has 0 bridgehead atoms. The number of aromatic nitrogens is 3. The lowest BCUT2D eigenvalue weighted by atomic mass is 10.1. The van der Waals surface area contributed by atoms with Gasteiger partial charge in [0, 0.05) is 29.4 Å². The highest BCUT2D eigenvalue weighted by Gasteiger charge is 2.32. The highest BCUT2D eigenvalue weighted by molar-refractivity contribution is 9.10. The summed E-state index contributed by atoms with van der Waals surface area (Å²) in [6.45, 7) is 2.07. The molecule has 1 aliphatic heterocycles. The van der Waals surface area contributed by atoms with Crippen molar-refractivity contribution in [2.24, 2.45) is 0 Å². The van der Waals surface area contributed by atoms with Gasteiger partial charge in [0.05, 0.1) is 10.6 Å². The minimum Gasteiger partial charge on any atom is -0.341 e. The lowest BCUT2D eigenvalue weighted by Gasteiger charge is -2.27. The smallest absolute Gasteiger partial charge is 0.228 e. The quantitative estimate of drug-likeness (QED) is 0.570. The van der Waals surface area contributed by atoms with E-state index in [1.807, 2.05) is 0 Å². The summed E-state index contributed by atoms with van der Waals surface area (Å²) in [5, 5.41) is 9.69. The molecule has 0 unspecified atom stereocenters. The van der Waals surface area contributed by atoms with E-state index in [0.717, 1.165) is 41.5 Å². The minimum absolute atomic E-state index is 0.0931. The summed E-state index contributed by atoms with van der Waals surface area (Å²) >= 11 is 4.84. The zero-order valence-corrected chi connectivity index (χ0v) is 18.3. The van der Waals surface area contributed by atoms with Crippen molar-refractivity contribution in [1.82, 2.24) is 14.8 Å². The van der Waals surface area contributed by atoms with Crippen LogP contribution in [0.25, 0.3) is 0 Å². The Bertz CT molecular complexity index is 889. The van der Waals surface area contributed by atoms with Gasteiger partial charge >= 0.3 is 0 Å². The Hall–Kier alpha value is -1.06. The summed E-state index contributed by atoms with van der Waals surface area (Å²) in [7, 11) is -3.29. The minimum atomic E-state index is -3.29.